The second kappa shape index (κ2) is 8.13. The van der Waals surface area contributed by atoms with E-state index in [9.17, 15) is 14.9 Å². The Kier molecular flexibility index (Phi) is 5.66. The summed E-state index contributed by atoms with van der Waals surface area (Å²) in [5.74, 6) is 0.650. The predicted octanol–water partition coefficient (Wildman–Crippen LogP) is 2.78. The smallest absolute Gasteiger partial charge is 0.269 e. The number of morpholine rings is 1. The predicted molar refractivity (Wildman–Crippen MR) is 102 cm³/mol. The highest BCUT2D eigenvalue weighted by Crippen LogP contribution is 2.20. The molecular weight excluding hydrogens is 348 g/mol. The van der Waals surface area contributed by atoms with Crippen LogP contribution in [0.4, 0.5) is 17.2 Å². The number of hydrogen-bond acceptors (Lipinski definition) is 6. The van der Waals surface area contributed by atoms with E-state index in [2.05, 4.69) is 15.2 Å². The Morgan fingerprint density at radius 3 is 2.44 bits per heavy atom. The molecule has 1 saturated heterocycles. The van der Waals surface area contributed by atoms with Crippen molar-refractivity contribution in [3.05, 3.63) is 58.3 Å². The molecule has 2 atom stereocenters. The zero-order valence-electron chi connectivity index (χ0n) is 15.3. The number of carbonyl (C=O) groups is 1. The molecule has 1 aliphatic heterocycles. The van der Waals surface area contributed by atoms with Gasteiger partial charge in [-0.2, -0.15) is 0 Å². The lowest BCUT2D eigenvalue weighted by atomic mass is 10.1. The molecular formula is C19H22N4O4. The summed E-state index contributed by atoms with van der Waals surface area (Å²) >= 11 is 0. The Balaban J connectivity index is 1.57. The molecule has 1 aromatic carbocycles. The third-order valence-electron chi connectivity index (χ3n) is 4.29. The molecule has 2 unspecified atom stereocenters. The van der Waals surface area contributed by atoms with E-state index >= 15 is 0 Å². The molecule has 8 heteroatoms. The van der Waals surface area contributed by atoms with E-state index in [1.165, 1.54) is 12.1 Å². The highest BCUT2D eigenvalue weighted by atomic mass is 16.6. The fourth-order valence-corrected chi connectivity index (χ4v) is 3.14. The van der Waals surface area contributed by atoms with Gasteiger partial charge in [0.25, 0.3) is 5.69 Å². The van der Waals surface area contributed by atoms with Gasteiger partial charge < -0.3 is 15.0 Å². The quantitative estimate of drug-likeness (QED) is 0.642. The zero-order chi connectivity index (χ0) is 19.4. The van der Waals surface area contributed by atoms with Crippen molar-refractivity contribution in [1.29, 1.82) is 0 Å². The first-order valence-corrected chi connectivity index (χ1v) is 8.80. The van der Waals surface area contributed by atoms with Gasteiger partial charge in [-0.3, -0.25) is 14.9 Å². The summed E-state index contributed by atoms with van der Waals surface area (Å²) in [4.78, 5) is 29.0. The van der Waals surface area contributed by atoms with Gasteiger partial charge in [-0.15, -0.1) is 0 Å². The van der Waals surface area contributed by atoms with E-state index in [0.29, 0.717) is 11.3 Å². The first-order chi connectivity index (χ1) is 12.9. The molecule has 1 fully saturated rings. The van der Waals surface area contributed by atoms with Crippen LogP contribution in [0.2, 0.25) is 0 Å². The maximum atomic E-state index is 12.2. The van der Waals surface area contributed by atoms with Crippen LogP contribution < -0.4 is 10.2 Å². The van der Waals surface area contributed by atoms with Gasteiger partial charge in [0.15, 0.2) is 0 Å². The minimum Gasteiger partial charge on any atom is -0.372 e. The summed E-state index contributed by atoms with van der Waals surface area (Å²) in [5.41, 5.74) is 1.32. The average molecular weight is 370 g/mol. The first kappa shape index (κ1) is 18.8. The Morgan fingerprint density at radius 1 is 1.22 bits per heavy atom. The number of nitrogens with zero attached hydrogens (tertiary/aromatic N) is 3. The number of pyridine rings is 1. The third-order valence-corrected chi connectivity index (χ3v) is 4.29. The number of ether oxygens (including phenoxy) is 1. The maximum absolute atomic E-state index is 12.2. The molecule has 8 nitrogen and oxygen atoms in total. The average Bonchev–Trinajstić information content (AvgIpc) is 2.62. The van der Waals surface area contributed by atoms with Crippen LogP contribution in [0.1, 0.15) is 19.4 Å². The van der Waals surface area contributed by atoms with E-state index < -0.39 is 4.92 Å². The largest absolute Gasteiger partial charge is 0.372 e. The van der Waals surface area contributed by atoms with Crippen molar-refractivity contribution in [3.8, 4) is 0 Å². The Labute approximate surface area is 157 Å². The van der Waals surface area contributed by atoms with Crippen LogP contribution in [0, 0.1) is 10.1 Å². The zero-order valence-corrected chi connectivity index (χ0v) is 15.3. The molecule has 1 amide bonds. The fourth-order valence-electron chi connectivity index (χ4n) is 3.14. The number of nitro benzene ring substituents is 1. The SMILES string of the molecule is CC1CN(c2ccc(NC(=O)Cc3ccc([N+](=O)[O-])cc3)cn2)CC(C)O1. The van der Waals surface area contributed by atoms with Crippen LogP contribution in [0.15, 0.2) is 42.6 Å². The highest BCUT2D eigenvalue weighted by molar-refractivity contribution is 5.92. The molecule has 142 valence electrons. The van der Waals surface area contributed by atoms with E-state index in [1.54, 1.807) is 18.3 Å². The molecule has 0 bridgehead atoms. The number of anilines is 2. The monoisotopic (exact) mass is 370 g/mol. The highest BCUT2D eigenvalue weighted by Gasteiger charge is 2.23. The van der Waals surface area contributed by atoms with Gasteiger partial charge in [0.05, 0.1) is 35.4 Å². The number of amides is 1. The van der Waals surface area contributed by atoms with Crippen molar-refractivity contribution in [1.82, 2.24) is 4.98 Å². The van der Waals surface area contributed by atoms with E-state index in [0.717, 1.165) is 18.9 Å². The van der Waals surface area contributed by atoms with Crippen LogP contribution in [0.3, 0.4) is 0 Å². The van der Waals surface area contributed by atoms with Gasteiger partial charge in [0.2, 0.25) is 5.91 Å². The molecule has 0 spiro atoms. The molecule has 1 aromatic heterocycles. The Bertz CT molecular complexity index is 797. The lowest BCUT2D eigenvalue weighted by molar-refractivity contribution is -0.384. The van der Waals surface area contributed by atoms with Crippen LogP contribution in [-0.2, 0) is 16.0 Å². The number of hydrogen-bond donors (Lipinski definition) is 1. The van der Waals surface area contributed by atoms with Crippen molar-refractivity contribution < 1.29 is 14.5 Å². The molecule has 2 heterocycles. The molecule has 3 rings (SSSR count). The Morgan fingerprint density at radius 2 is 1.89 bits per heavy atom. The van der Waals surface area contributed by atoms with Crippen LogP contribution in [-0.4, -0.2) is 41.1 Å². The first-order valence-electron chi connectivity index (χ1n) is 8.80. The van der Waals surface area contributed by atoms with Gasteiger partial charge in [0, 0.05) is 25.2 Å². The number of rotatable bonds is 5. The normalized spacial score (nSPS) is 19.6. The number of nitro groups is 1. The Hall–Kier alpha value is -3.00. The lowest BCUT2D eigenvalue weighted by Gasteiger charge is -2.36. The minimum absolute atomic E-state index is 0.00527. The third kappa shape index (κ3) is 5.01. The van der Waals surface area contributed by atoms with Crippen LogP contribution in [0.25, 0.3) is 0 Å². The molecule has 0 radical (unpaired) electrons. The standard InChI is InChI=1S/C19H22N4O4/c1-13-11-22(12-14(2)27-13)18-8-5-16(10-20-18)21-19(24)9-15-3-6-17(7-4-15)23(25)26/h3-8,10,13-14H,9,11-12H2,1-2H3,(H,21,24). The molecule has 2 aromatic rings. The molecule has 0 aliphatic carbocycles. The molecule has 27 heavy (non-hydrogen) atoms. The van der Waals surface area contributed by atoms with Gasteiger partial charge in [-0.05, 0) is 31.5 Å². The summed E-state index contributed by atoms with van der Waals surface area (Å²) in [5, 5.41) is 13.5. The summed E-state index contributed by atoms with van der Waals surface area (Å²) in [7, 11) is 0. The fraction of sp³-hybridized carbons (Fsp3) is 0.368. The van der Waals surface area contributed by atoms with Gasteiger partial charge in [0.1, 0.15) is 5.82 Å². The number of carbonyl (C=O) groups excluding carboxylic acids is 1. The topological polar surface area (TPSA) is 97.6 Å². The van der Waals surface area contributed by atoms with Gasteiger partial charge in [-0.25, -0.2) is 4.98 Å². The minimum atomic E-state index is -0.465. The summed E-state index contributed by atoms with van der Waals surface area (Å²) < 4.78 is 5.73. The van der Waals surface area contributed by atoms with Gasteiger partial charge in [-0.1, -0.05) is 12.1 Å². The number of nitrogens with one attached hydrogen (secondary N) is 1. The lowest BCUT2D eigenvalue weighted by Crippen LogP contribution is -2.45. The number of non-ortho nitro benzene ring substituents is 1. The van der Waals surface area contributed by atoms with Crippen LogP contribution in [0.5, 0.6) is 0 Å². The van der Waals surface area contributed by atoms with Crippen LogP contribution >= 0.6 is 0 Å². The second-order valence-electron chi connectivity index (χ2n) is 6.72. The number of benzene rings is 1. The maximum Gasteiger partial charge on any atom is 0.269 e. The van der Waals surface area contributed by atoms with Crippen molar-refractivity contribution in [2.24, 2.45) is 0 Å². The van der Waals surface area contributed by atoms with Crippen molar-refractivity contribution in [2.45, 2.75) is 32.5 Å². The van der Waals surface area contributed by atoms with Crippen molar-refractivity contribution in [3.63, 3.8) is 0 Å². The number of aromatic nitrogens is 1. The second-order valence-corrected chi connectivity index (χ2v) is 6.72. The van der Waals surface area contributed by atoms with Gasteiger partial charge >= 0.3 is 0 Å². The summed E-state index contributed by atoms with van der Waals surface area (Å²) in [6, 6.07) is 9.65. The van der Waals surface area contributed by atoms with E-state index in [1.807, 2.05) is 26.0 Å². The molecule has 1 aliphatic rings. The summed E-state index contributed by atoms with van der Waals surface area (Å²) in [6.45, 7) is 5.64. The molecule has 0 saturated carbocycles. The molecule has 1 N–H and O–H groups in total. The van der Waals surface area contributed by atoms with Crippen molar-refractivity contribution >= 4 is 23.1 Å². The summed E-state index contributed by atoms with van der Waals surface area (Å²) in [6.07, 6.45) is 2.07. The van der Waals surface area contributed by atoms with E-state index in [-0.39, 0.29) is 30.2 Å². The van der Waals surface area contributed by atoms with Crippen molar-refractivity contribution in [2.75, 3.05) is 23.3 Å². The van der Waals surface area contributed by atoms with E-state index in [4.69, 9.17) is 4.74 Å².